The highest BCUT2D eigenvalue weighted by atomic mass is 16.5. The van der Waals surface area contributed by atoms with Gasteiger partial charge in [-0.15, -0.1) is 0 Å². The van der Waals surface area contributed by atoms with Gasteiger partial charge in [0.25, 0.3) is 5.91 Å². The molecule has 1 unspecified atom stereocenters. The number of nitrogens with zero attached hydrogens (tertiary/aromatic N) is 1. The highest BCUT2D eigenvalue weighted by Crippen LogP contribution is 2.34. The minimum absolute atomic E-state index is 0.321. The first kappa shape index (κ1) is 12.4. The van der Waals surface area contributed by atoms with Crippen LogP contribution in [0.2, 0.25) is 0 Å². The Morgan fingerprint density at radius 3 is 2.83 bits per heavy atom. The first-order valence-electron chi connectivity index (χ1n) is 5.85. The van der Waals surface area contributed by atoms with E-state index < -0.39 is 12.1 Å². The fourth-order valence-corrected chi connectivity index (χ4v) is 1.97. The molecule has 0 aromatic heterocycles. The van der Waals surface area contributed by atoms with Crippen LogP contribution in [-0.2, 0) is 16.0 Å². The molecule has 5 heteroatoms. The second-order valence-electron chi connectivity index (χ2n) is 4.23. The predicted molar refractivity (Wildman–Crippen MR) is 65.9 cm³/mol. The SMILES string of the molecule is CCc1ccc2c(c1)N(CC(=O)O)C(=O)C(C)O2. The van der Waals surface area contributed by atoms with Crippen LogP contribution in [0.25, 0.3) is 0 Å². The van der Waals surface area contributed by atoms with Crippen LogP contribution in [0.4, 0.5) is 5.69 Å². The van der Waals surface area contributed by atoms with E-state index in [-0.39, 0.29) is 12.5 Å². The maximum absolute atomic E-state index is 12.0. The van der Waals surface area contributed by atoms with Crippen molar-refractivity contribution < 1.29 is 19.4 Å². The van der Waals surface area contributed by atoms with Crippen molar-refractivity contribution >= 4 is 17.6 Å². The van der Waals surface area contributed by atoms with Crippen molar-refractivity contribution in [3.63, 3.8) is 0 Å². The summed E-state index contributed by atoms with van der Waals surface area (Å²) in [5.74, 6) is -0.802. The molecule has 1 N–H and O–H groups in total. The predicted octanol–water partition coefficient (Wildman–Crippen LogP) is 1.45. The molecule has 0 saturated heterocycles. The van der Waals surface area contributed by atoms with E-state index in [4.69, 9.17) is 9.84 Å². The Balaban J connectivity index is 2.45. The number of fused-ring (bicyclic) bond motifs is 1. The molecule has 1 amide bonds. The zero-order chi connectivity index (χ0) is 13.3. The lowest BCUT2D eigenvalue weighted by Gasteiger charge is -2.32. The van der Waals surface area contributed by atoms with Gasteiger partial charge in [-0.3, -0.25) is 14.5 Å². The van der Waals surface area contributed by atoms with E-state index in [1.54, 1.807) is 13.0 Å². The van der Waals surface area contributed by atoms with E-state index in [9.17, 15) is 9.59 Å². The van der Waals surface area contributed by atoms with Gasteiger partial charge in [-0.2, -0.15) is 0 Å². The van der Waals surface area contributed by atoms with Crippen LogP contribution in [0.5, 0.6) is 5.75 Å². The number of benzene rings is 1. The first-order valence-corrected chi connectivity index (χ1v) is 5.85. The molecule has 0 bridgehead atoms. The molecule has 1 atom stereocenters. The van der Waals surface area contributed by atoms with E-state index in [2.05, 4.69) is 0 Å². The molecule has 18 heavy (non-hydrogen) atoms. The number of aryl methyl sites for hydroxylation is 1. The molecule has 1 aromatic carbocycles. The molecule has 1 aliphatic rings. The summed E-state index contributed by atoms with van der Waals surface area (Å²) in [6, 6.07) is 5.51. The van der Waals surface area contributed by atoms with Crippen LogP contribution in [0.1, 0.15) is 19.4 Å². The van der Waals surface area contributed by atoms with Crippen LogP contribution >= 0.6 is 0 Å². The fraction of sp³-hybridized carbons (Fsp3) is 0.385. The molecule has 2 rings (SSSR count). The Morgan fingerprint density at radius 2 is 2.22 bits per heavy atom. The van der Waals surface area contributed by atoms with Gasteiger partial charge in [0.1, 0.15) is 12.3 Å². The van der Waals surface area contributed by atoms with E-state index in [1.807, 2.05) is 19.1 Å². The minimum atomic E-state index is -1.04. The lowest BCUT2D eigenvalue weighted by molar-refractivity contribution is -0.137. The Hall–Kier alpha value is -2.04. The second-order valence-corrected chi connectivity index (χ2v) is 4.23. The average molecular weight is 249 g/mol. The third-order valence-electron chi connectivity index (χ3n) is 2.93. The summed E-state index contributed by atoms with van der Waals surface area (Å²) in [6.45, 7) is 3.28. The topological polar surface area (TPSA) is 66.8 Å². The third kappa shape index (κ3) is 2.16. The van der Waals surface area contributed by atoms with Crippen molar-refractivity contribution in [3.8, 4) is 5.75 Å². The number of amides is 1. The fourth-order valence-electron chi connectivity index (χ4n) is 1.97. The maximum Gasteiger partial charge on any atom is 0.323 e. The van der Waals surface area contributed by atoms with Crippen LogP contribution in [0.3, 0.4) is 0 Å². The van der Waals surface area contributed by atoms with Gasteiger partial charge in [0, 0.05) is 0 Å². The Bertz CT molecular complexity index is 498. The molecule has 96 valence electrons. The molecule has 0 saturated carbocycles. The minimum Gasteiger partial charge on any atom is -0.480 e. The van der Waals surface area contributed by atoms with Crippen molar-refractivity contribution in [2.24, 2.45) is 0 Å². The van der Waals surface area contributed by atoms with Crippen molar-refractivity contribution in [1.82, 2.24) is 0 Å². The maximum atomic E-state index is 12.0. The molecule has 1 heterocycles. The zero-order valence-electron chi connectivity index (χ0n) is 10.3. The number of hydrogen-bond acceptors (Lipinski definition) is 3. The Kier molecular flexibility index (Phi) is 3.23. The van der Waals surface area contributed by atoms with Gasteiger partial charge in [-0.25, -0.2) is 0 Å². The summed E-state index contributed by atoms with van der Waals surface area (Å²) in [5, 5.41) is 8.89. The van der Waals surface area contributed by atoms with Crippen molar-refractivity contribution in [2.45, 2.75) is 26.4 Å². The molecule has 0 aliphatic carbocycles. The lowest BCUT2D eigenvalue weighted by Crippen LogP contribution is -2.46. The third-order valence-corrected chi connectivity index (χ3v) is 2.93. The number of carbonyl (C=O) groups excluding carboxylic acids is 1. The van der Waals surface area contributed by atoms with Crippen LogP contribution in [0.15, 0.2) is 18.2 Å². The molecule has 0 fully saturated rings. The van der Waals surface area contributed by atoms with Crippen molar-refractivity contribution in [3.05, 3.63) is 23.8 Å². The number of aliphatic carboxylic acids is 1. The van der Waals surface area contributed by atoms with E-state index >= 15 is 0 Å². The summed E-state index contributed by atoms with van der Waals surface area (Å²) in [4.78, 5) is 24.1. The smallest absolute Gasteiger partial charge is 0.323 e. The number of rotatable bonds is 3. The van der Waals surface area contributed by atoms with Crippen LogP contribution in [0, 0.1) is 0 Å². The number of carboxylic acids is 1. The Labute approximate surface area is 105 Å². The van der Waals surface area contributed by atoms with E-state index in [0.717, 1.165) is 12.0 Å². The zero-order valence-corrected chi connectivity index (χ0v) is 10.3. The van der Waals surface area contributed by atoms with Gasteiger partial charge in [0.2, 0.25) is 0 Å². The number of carboxylic acid groups (broad SMARTS) is 1. The molecule has 0 radical (unpaired) electrons. The molecular weight excluding hydrogens is 234 g/mol. The molecule has 5 nitrogen and oxygen atoms in total. The summed E-state index contributed by atoms with van der Waals surface area (Å²) < 4.78 is 5.47. The highest BCUT2D eigenvalue weighted by Gasteiger charge is 2.32. The van der Waals surface area contributed by atoms with Gasteiger partial charge in [0.05, 0.1) is 5.69 Å². The van der Waals surface area contributed by atoms with Crippen LogP contribution < -0.4 is 9.64 Å². The number of carbonyl (C=O) groups is 2. The molecular formula is C13H15NO4. The van der Waals surface area contributed by atoms with E-state index in [0.29, 0.717) is 11.4 Å². The normalized spacial score (nSPS) is 18.2. The lowest BCUT2D eigenvalue weighted by atomic mass is 10.1. The second kappa shape index (κ2) is 4.68. The quantitative estimate of drug-likeness (QED) is 0.880. The monoisotopic (exact) mass is 249 g/mol. The van der Waals surface area contributed by atoms with E-state index in [1.165, 1.54) is 4.90 Å². The Morgan fingerprint density at radius 1 is 1.50 bits per heavy atom. The number of hydrogen-bond donors (Lipinski definition) is 1. The number of anilines is 1. The summed E-state index contributed by atoms with van der Waals surface area (Å²) in [7, 11) is 0. The van der Waals surface area contributed by atoms with Gasteiger partial charge in [-0.1, -0.05) is 13.0 Å². The van der Waals surface area contributed by atoms with Gasteiger partial charge in [-0.05, 0) is 31.0 Å². The molecule has 0 spiro atoms. The van der Waals surface area contributed by atoms with Crippen molar-refractivity contribution in [1.29, 1.82) is 0 Å². The van der Waals surface area contributed by atoms with Gasteiger partial charge < -0.3 is 9.84 Å². The van der Waals surface area contributed by atoms with Crippen LogP contribution in [-0.4, -0.2) is 29.6 Å². The highest BCUT2D eigenvalue weighted by molar-refractivity contribution is 6.02. The summed E-state index contributed by atoms with van der Waals surface area (Å²) in [6.07, 6.45) is 0.169. The molecule has 1 aliphatic heterocycles. The summed E-state index contributed by atoms with van der Waals surface area (Å²) >= 11 is 0. The number of ether oxygens (including phenoxy) is 1. The largest absolute Gasteiger partial charge is 0.480 e. The van der Waals surface area contributed by atoms with Gasteiger partial charge >= 0.3 is 5.97 Å². The summed E-state index contributed by atoms with van der Waals surface area (Å²) in [5.41, 5.74) is 1.58. The standard InChI is InChI=1S/C13H15NO4/c1-3-9-4-5-11-10(6-9)14(7-12(15)16)13(17)8(2)18-11/h4-6,8H,3,7H2,1-2H3,(H,15,16). The van der Waals surface area contributed by atoms with Crippen molar-refractivity contribution in [2.75, 3.05) is 11.4 Å². The average Bonchev–Trinajstić information content (AvgIpc) is 2.34. The molecule has 1 aromatic rings. The first-order chi connectivity index (χ1) is 8.52. The van der Waals surface area contributed by atoms with Gasteiger partial charge in [0.15, 0.2) is 6.10 Å².